The molecule has 0 aliphatic carbocycles. The van der Waals surface area contributed by atoms with Crippen LogP contribution in [0.2, 0.25) is 0 Å². The van der Waals surface area contributed by atoms with E-state index in [0.29, 0.717) is 5.82 Å². The average Bonchev–Trinajstić information content (AvgIpc) is 2.82. The lowest BCUT2D eigenvalue weighted by Crippen LogP contribution is -2.48. The number of ether oxygens (including phenoxy) is 1. The molecule has 1 spiro atoms. The molecular weight excluding hydrogens is 270 g/mol. The van der Waals surface area contributed by atoms with Crippen LogP contribution in [0.15, 0.2) is 6.33 Å². The number of hydrogen-bond acceptors (Lipinski definition) is 5. The third-order valence-corrected chi connectivity index (χ3v) is 4.53. The molecular formula is C14H23N5O2. The first-order valence-electron chi connectivity index (χ1n) is 7.49. The first kappa shape index (κ1) is 14.5. The fourth-order valence-electron chi connectivity index (χ4n) is 3.27. The van der Waals surface area contributed by atoms with Gasteiger partial charge in [0.05, 0.1) is 13.2 Å². The van der Waals surface area contributed by atoms with Crippen LogP contribution in [0.3, 0.4) is 0 Å². The Labute approximate surface area is 124 Å². The van der Waals surface area contributed by atoms with Crippen LogP contribution < -0.4 is 0 Å². The normalized spacial score (nSPS) is 23.2. The van der Waals surface area contributed by atoms with E-state index in [0.717, 1.165) is 52.2 Å². The van der Waals surface area contributed by atoms with Crippen molar-refractivity contribution in [2.24, 2.45) is 12.5 Å². The minimum Gasteiger partial charge on any atom is -0.379 e. The number of carbonyl (C=O) groups excluding carboxylic acids is 1. The third-order valence-electron chi connectivity index (χ3n) is 4.53. The van der Waals surface area contributed by atoms with E-state index < -0.39 is 0 Å². The Kier molecular flexibility index (Phi) is 3.95. The second-order valence-corrected chi connectivity index (χ2v) is 6.32. The number of amides is 1. The molecule has 1 aromatic rings. The summed E-state index contributed by atoms with van der Waals surface area (Å²) in [7, 11) is 3.92. The van der Waals surface area contributed by atoms with E-state index >= 15 is 0 Å². The minimum absolute atomic E-state index is 0.0617. The molecule has 0 aromatic carbocycles. The number of rotatable bonds is 1. The van der Waals surface area contributed by atoms with Crippen molar-refractivity contribution >= 4 is 5.91 Å². The van der Waals surface area contributed by atoms with E-state index in [1.807, 2.05) is 4.90 Å². The Bertz CT molecular complexity index is 507. The number of hydrogen-bond donors (Lipinski definition) is 0. The smallest absolute Gasteiger partial charge is 0.293 e. The van der Waals surface area contributed by atoms with Crippen LogP contribution in [-0.2, 0) is 11.8 Å². The lowest BCUT2D eigenvalue weighted by molar-refractivity contribution is 0.0157. The van der Waals surface area contributed by atoms with Gasteiger partial charge < -0.3 is 14.5 Å². The van der Waals surface area contributed by atoms with Crippen LogP contribution in [0, 0.1) is 5.41 Å². The Balaban J connectivity index is 1.63. The molecule has 0 radical (unpaired) electrons. The van der Waals surface area contributed by atoms with E-state index in [1.165, 1.54) is 0 Å². The van der Waals surface area contributed by atoms with Gasteiger partial charge in [0.2, 0.25) is 5.82 Å². The SMILES string of the molecule is CN1CCOCC2(CCN(C(=O)c3ncn(C)n3)CC2)C1. The minimum atomic E-state index is -0.0617. The number of likely N-dealkylation sites (tertiary alicyclic amines) is 1. The predicted molar refractivity (Wildman–Crippen MR) is 76.9 cm³/mol. The number of nitrogens with zero attached hydrogens (tertiary/aromatic N) is 5. The van der Waals surface area contributed by atoms with Gasteiger partial charge in [0.25, 0.3) is 5.91 Å². The standard InChI is InChI=1S/C14H23N5O2/c1-17-7-8-21-10-14(9-17)3-5-19(6-4-14)13(20)12-15-11-18(2)16-12/h11H,3-10H2,1-2H3. The van der Waals surface area contributed by atoms with E-state index in [-0.39, 0.29) is 11.3 Å². The van der Waals surface area contributed by atoms with Crippen LogP contribution in [0.4, 0.5) is 0 Å². The zero-order valence-electron chi connectivity index (χ0n) is 12.8. The predicted octanol–water partition coefficient (Wildman–Crippen LogP) is -0.000500. The highest BCUT2D eigenvalue weighted by molar-refractivity contribution is 5.90. The van der Waals surface area contributed by atoms with Crippen LogP contribution in [0.25, 0.3) is 0 Å². The molecule has 2 saturated heterocycles. The molecule has 7 heteroatoms. The lowest BCUT2D eigenvalue weighted by Gasteiger charge is -2.41. The molecule has 0 bridgehead atoms. The summed E-state index contributed by atoms with van der Waals surface area (Å²) in [6.45, 7) is 5.17. The molecule has 1 amide bonds. The average molecular weight is 293 g/mol. The summed E-state index contributed by atoms with van der Waals surface area (Å²) in [5.74, 6) is 0.232. The van der Waals surface area contributed by atoms with Crippen molar-refractivity contribution in [2.75, 3.05) is 46.4 Å². The van der Waals surface area contributed by atoms with Crippen molar-refractivity contribution in [3.05, 3.63) is 12.2 Å². The van der Waals surface area contributed by atoms with Crippen LogP contribution in [-0.4, -0.2) is 76.9 Å². The summed E-state index contributed by atoms with van der Waals surface area (Å²) >= 11 is 0. The topological polar surface area (TPSA) is 63.5 Å². The summed E-state index contributed by atoms with van der Waals surface area (Å²) in [6, 6.07) is 0. The van der Waals surface area contributed by atoms with Crippen LogP contribution >= 0.6 is 0 Å². The van der Waals surface area contributed by atoms with Gasteiger partial charge in [0, 0.05) is 38.6 Å². The largest absolute Gasteiger partial charge is 0.379 e. The lowest BCUT2D eigenvalue weighted by atomic mass is 9.78. The monoisotopic (exact) mass is 293 g/mol. The summed E-state index contributed by atoms with van der Waals surface area (Å²) in [6.07, 6.45) is 3.53. The zero-order valence-corrected chi connectivity index (χ0v) is 12.8. The highest BCUT2D eigenvalue weighted by atomic mass is 16.5. The number of aromatic nitrogens is 3. The zero-order chi connectivity index (χ0) is 14.9. The number of likely N-dealkylation sites (N-methyl/N-ethyl adjacent to an activating group) is 1. The first-order chi connectivity index (χ1) is 10.1. The molecule has 2 fully saturated rings. The van der Waals surface area contributed by atoms with Crippen molar-refractivity contribution in [2.45, 2.75) is 12.8 Å². The quantitative estimate of drug-likeness (QED) is 0.729. The molecule has 1 aromatic heterocycles. The maximum absolute atomic E-state index is 12.4. The van der Waals surface area contributed by atoms with Gasteiger partial charge in [0.1, 0.15) is 6.33 Å². The van der Waals surface area contributed by atoms with Gasteiger partial charge in [-0.2, -0.15) is 0 Å². The fraction of sp³-hybridized carbons (Fsp3) is 0.786. The van der Waals surface area contributed by atoms with Crippen molar-refractivity contribution < 1.29 is 9.53 Å². The van der Waals surface area contributed by atoms with E-state index in [9.17, 15) is 4.79 Å². The molecule has 0 atom stereocenters. The van der Waals surface area contributed by atoms with Gasteiger partial charge in [-0.05, 0) is 19.9 Å². The van der Waals surface area contributed by atoms with Gasteiger partial charge in [-0.15, -0.1) is 5.10 Å². The summed E-state index contributed by atoms with van der Waals surface area (Å²) in [5, 5.41) is 4.10. The Hall–Kier alpha value is -1.47. The van der Waals surface area contributed by atoms with E-state index in [2.05, 4.69) is 22.0 Å². The highest BCUT2D eigenvalue weighted by Crippen LogP contribution is 2.34. The molecule has 21 heavy (non-hydrogen) atoms. The van der Waals surface area contributed by atoms with Crippen molar-refractivity contribution in [1.29, 1.82) is 0 Å². The first-order valence-corrected chi connectivity index (χ1v) is 7.49. The molecule has 0 saturated carbocycles. The molecule has 0 unspecified atom stereocenters. The summed E-state index contributed by atoms with van der Waals surface area (Å²) in [4.78, 5) is 20.6. The molecule has 3 rings (SSSR count). The van der Waals surface area contributed by atoms with Gasteiger partial charge in [-0.25, -0.2) is 4.98 Å². The Morgan fingerprint density at radius 3 is 2.71 bits per heavy atom. The van der Waals surface area contributed by atoms with Gasteiger partial charge in [0.15, 0.2) is 0 Å². The molecule has 0 N–H and O–H groups in total. The van der Waals surface area contributed by atoms with Crippen molar-refractivity contribution in [3.63, 3.8) is 0 Å². The second-order valence-electron chi connectivity index (χ2n) is 6.32. The van der Waals surface area contributed by atoms with Crippen LogP contribution in [0.5, 0.6) is 0 Å². The molecule has 7 nitrogen and oxygen atoms in total. The Morgan fingerprint density at radius 2 is 2.05 bits per heavy atom. The molecule has 3 heterocycles. The third kappa shape index (κ3) is 3.08. The maximum Gasteiger partial charge on any atom is 0.293 e. The molecule has 116 valence electrons. The summed E-state index contributed by atoms with van der Waals surface area (Å²) in [5.41, 5.74) is 0.194. The van der Waals surface area contributed by atoms with E-state index in [4.69, 9.17) is 4.74 Å². The summed E-state index contributed by atoms with van der Waals surface area (Å²) < 4.78 is 7.33. The van der Waals surface area contributed by atoms with Crippen molar-refractivity contribution in [1.82, 2.24) is 24.6 Å². The van der Waals surface area contributed by atoms with Gasteiger partial charge >= 0.3 is 0 Å². The number of aryl methyl sites for hydroxylation is 1. The molecule has 2 aliphatic rings. The number of carbonyl (C=O) groups is 1. The van der Waals surface area contributed by atoms with Crippen LogP contribution in [0.1, 0.15) is 23.5 Å². The number of piperidine rings is 1. The Morgan fingerprint density at radius 1 is 1.29 bits per heavy atom. The maximum atomic E-state index is 12.4. The van der Waals surface area contributed by atoms with Crippen molar-refractivity contribution in [3.8, 4) is 0 Å². The highest BCUT2D eigenvalue weighted by Gasteiger charge is 2.38. The second kappa shape index (κ2) is 5.73. The van der Waals surface area contributed by atoms with Gasteiger partial charge in [-0.3, -0.25) is 9.48 Å². The fourth-order valence-corrected chi connectivity index (χ4v) is 3.27. The van der Waals surface area contributed by atoms with E-state index in [1.54, 1.807) is 18.1 Å². The molecule has 2 aliphatic heterocycles. The van der Waals surface area contributed by atoms with Gasteiger partial charge in [-0.1, -0.05) is 0 Å².